The topological polar surface area (TPSA) is 18.5 Å². The summed E-state index contributed by atoms with van der Waals surface area (Å²) < 4.78 is 11.7. The van der Waals surface area contributed by atoms with Gasteiger partial charge in [0.2, 0.25) is 0 Å². The largest absolute Gasteiger partial charge is 0.381 e. The van der Waals surface area contributed by atoms with Crippen LogP contribution in [0.2, 0.25) is 0 Å². The molecule has 2 nitrogen and oxygen atoms in total. The van der Waals surface area contributed by atoms with Crippen molar-refractivity contribution in [3.63, 3.8) is 0 Å². The molecule has 2 saturated heterocycles. The molecule has 3 heteroatoms. The van der Waals surface area contributed by atoms with E-state index in [4.69, 9.17) is 21.1 Å². The van der Waals surface area contributed by atoms with Gasteiger partial charge in [-0.25, -0.2) is 0 Å². The summed E-state index contributed by atoms with van der Waals surface area (Å²) in [5.74, 6) is 0.799. The zero-order valence-corrected chi connectivity index (χ0v) is 12.2. The quantitative estimate of drug-likeness (QED) is 0.677. The van der Waals surface area contributed by atoms with E-state index in [0.29, 0.717) is 10.8 Å². The third-order valence-corrected chi connectivity index (χ3v) is 5.97. The second-order valence-corrected chi connectivity index (χ2v) is 7.44. The lowest BCUT2D eigenvalue weighted by Gasteiger charge is -2.48. The van der Waals surface area contributed by atoms with E-state index < -0.39 is 0 Å². The third kappa shape index (κ3) is 2.44. The van der Waals surface area contributed by atoms with Gasteiger partial charge in [0.15, 0.2) is 0 Å². The first-order valence-corrected chi connectivity index (χ1v) is 7.91. The molecular formula is C15H25ClO2. The Labute approximate surface area is 115 Å². The van der Waals surface area contributed by atoms with E-state index in [0.717, 1.165) is 38.6 Å². The van der Waals surface area contributed by atoms with Gasteiger partial charge in [0.1, 0.15) is 0 Å². The highest BCUT2D eigenvalue weighted by molar-refractivity contribution is 6.20. The van der Waals surface area contributed by atoms with Crippen molar-refractivity contribution in [3.8, 4) is 0 Å². The molecule has 0 N–H and O–H groups in total. The predicted molar refractivity (Wildman–Crippen MR) is 73.1 cm³/mol. The minimum absolute atomic E-state index is 0.134. The maximum Gasteiger partial charge on any atom is 0.0729 e. The van der Waals surface area contributed by atoms with Crippen molar-refractivity contribution in [3.05, 3.63) is 0 Å². The van der Waals surface area contributed by atoms with Crippen LogP contribution in [0, 0.1) is 11.3 Å². The van der Waals surface area contributed by atoms with Crippen molar-refractivity contribution in [1.82, 2.24) is 0 Å². The Morgan fingerprint density at radius 2 is 1.78 bits per heavy atom. The molecular weight excluding hydrogens is 248 g/mol. The van der Waals surface area contributed by atoms with Crippen LogP contribution in [-0.2, 0) is 9.47 Å². The van der Waals surface area contributed by atoms with Gasteiger partial charge in [-0.15, -0.1) is 11.6 Å². The van der Waals surface area contributed by atoms with Crippen molar-refractivity contribution >= 4 is 11.6 Å². The maximum absolute atomic E-state index is 6.34. The Hall–Kier alpha value is 0.210. The van der Waals surface area contributed by atoms with Crippen LogP contribution in [0.4, 0.5) is 0 Å². The van der Waals surface area contributed by atoms with Crippen LogP contribution in [0.5, 0.6) is 0 Å². The highest BCUT2D eigenvalue weighted by atomic mass is 35.5. The Balaban J connectivity index is 1.70. The summed E-state index contributed by atoms with van der Waals surface area (Å²) in [6.45, 7) is 5.15. The monoisotopic (exact) mass is 272 g/mol. The number of halogens is 1. The lowest BCUT2D eigenvalue weighted by molar-refractivity contribution is -0.160. The average molecular weight is 273 g/mol. The summed E-state index contributed by atoms with van der Waals surface area (Å²) in [7, 11) is 0. The van der Waals surface area contributed by atoms with Gasteiger partial charge in [-0.3, -0.25) is 0 Å². The van der Waals surface area contributed by atoms with Gasteiger partial charge in [-0.1, -0.05) is 6.92 Å². The summed E-state index contributed by atoms with van der Waals surface area (Å²) in [6, 6.07) is 0. The summed E-state index contributed by atoms with van der Waals surface area (Å²) in [6.07, 6.45) is 8.34. The van der Waals surface area contributed by atoms with Crippen LogP contribution < -0.4 is 0 Å². The molecule has 0 amide bonds. The molecule has 2 aliphatic heterocycles. The number of ether oxygens (including phenoxy) is 2. The van der Waals surface area contributed by atoms with Gasteiger partial charge >= 0.3 is 0 Å². The van der Waals surface area contributed by atoms with Crippen LogP contribution in [0.15, 0.2) is 0 Å². The lowest BCUT2D eigenvalue weighted by Crippen LogP contribution is -2.47. The van der Waals surface area contributed by atoms with Gasteiger partial charge in [-0.2, -0.15) is 0 Å². The summed E-state index contributed by atoms with van der Waals surface area (Å²) in [5.41, 5.74) is 0.593. The number of alkyl halides is 1. The Bertz CT molecular complexity index is 295. The van der Waals surface area contributed by atoms with Crippen LogP contribution in [0.1, 0.15) is 51.9 Å². The molecule has 3 atom stereocenters. The van der Waals surface area contributed by atoms with E-state index >= 15 is 0 Å². The fraction of sp³-hybridized carbons (Fsp3) is 1.00. The third-order valence-electron chi connectivity index (χ3n) is 5.60. The van der Waals surface area contributed by atoms with E-state index in [-0.39, 0.29) is 5.60 Å². The number of hydrogen-bond donors (Lipinski definition) is 0. The van der Waals surface area contributed by atoms with E-state index in [1.54, 1.807) is 0 Å². The van der Waals surface area contributed by atoms with E-state index in [9.17, 15) is 0 Å². The number of rotatable bonds is 1. The highest BCUT2D eigenvalue weighted by Crippen LogP contribution is 2.52. The molecule has 3 aliphatic rings. The number of hydrogen-bond acceptors (Lipinski definition) is 2. The summed E-state index contributed by atoms with van der Waals surface area (Å²) in [4.78, 5) is 0. The SMILES string of the molecule is CC1(C2CCOC3(CCOCC3)C2)CCC(Cl)C1. The first-order valence-electron chi connectivity index (χ1n) is 7.48. The minimum atomic E-state index is 0.134. The molecule has 1 aliphatic carbocycles. The molecule has 1 spiro atoms. The minimum Gasteiger partial charge on any atom is -0.381 e. The van der Waals surface area contributed by atoms with Crippen LogP contribution in [0.25, 0.3) is 0 Å². The fourth-order valence-electron chi connectivity index (χ4n) is 4.28. The van der Waals surface area contributed by atoms with Gasteiger partial charge in [0.25, 0.3) is 0 Å². The molecule has 0 aromatic rings. The lowest BCUT2D eigenvalue weighted by atomic mass is 9.67. The summed E-state index contributed by atoms with van der Waals surface area (Å²) >= 11 is 6.34. The molecule has 18 heavy (non-hydrogen) atoms. The first-order chi connectivity index (χ1) is 8.62. The van der Waals surface area contributed by atoms with E-state index in [2.05, 4.69) is 6.92 Å². The van der Waals surface area contributed by atoms with Gasteiger partial charge in [-0.05, 0) is 56.3 Å². The Kier molecular flexibility index (Phi) is 3.64. The van der Waals surface area contributed by atoms with E-state index in [1.165, 1.54) is 32.1 Å². The van der Waals surface area contributed by atoms with Crippen molar-refractivity contribution in [2.45, 2.75) is 62.8 Å². The fourth-order valence-corrected chi connectivity index (χ4v) is 4.74. The molecule has 0 aromatic carbocycles. The second-order valence-electron chi connectivity index (χ2n) is 6.83. The van der Waals surface area contributed by atoms with Crippen molar-refractivity contribution < 1.29 is 9.47 Å². The molecule has 3 unspecified atom stereocenters. The van der Waals surface area contributed by atoms with Crippen LogP contribution in [0.3, 0.4) is 0 Å². The summed E-state index contributed by atoms with van der Waals surface area (Å²) in [5, 5.41) is 0.406. The van der Waals surface area contributed by atoms with E-state index in [1.807, 2.05) is 0 Å². The molecule has 0 bridgehead atoms. The smallest absolute Gasteiger partial charge is 0.0729 e. The highest BCUT2D eigenvalue weighted by Gasteiger charge is 2.47. The molecule has 0 aromatic heterocycles. The predicted octanol–water partition coefficient (Wildman–Crippen LogP) is 3.76. The molecule has 1 saturated carbocycles. The molecule has 3 fully saturated rings. The zero-order valence-electron chi connectivity index (χ0n) is 11.4. The van der Waals surface area contributed by atoms with Crippen molar-refractivity contribution in [2.75, 3.05) is 19.8 Å². The first kappa shape index (κ1) is 13.2. The molecule has 3 rings (SSSR count). The van der Waals surface area contributed by atoms with Gasteiger partial charge < -0.3 is 9.47 Å². The molecule has 0 radical (unpaired) electrons. The van der Waals surface area contributed by atoms with Gasteiger partial charge in [0.05, 0.1) is 5.60 Å². The molecule has 104 valence electrons. The van der Waals surface area contributed by atoms with Crippen molar-refractivity contribution in [1.29, 1.82) is 0 Å². The van der Waals surface area contributed by atoms with Gasteiger partial charge in [0, 0.05) is 25.2 Å². The second kappa shape index (κ2) is 4.96. The normalized spacial score (nSPS) is 44.3. The molecule has 2 heterocycles. The van der Waals surface area contributed by atoms with Crippen LogP contribution >= 0.6 is 11.6 Å². The Morgan fingerprint density at radius 1 is 1.00 bits per heavy atom. The standard InChI is InChI=1S/C15H25ClO2/c1-14(4-2-13(16)11-14)12-3-7-18-15(10-12)5-8-17-9-6-15/h12-13H,2-11H2,1H3. The Morgan fingerprint density at radius 3 is 2.44 bits per heavy atom. The zero-order chi connectivity index (χ0) is 12.6. The van der Waals surface area contributed by atoms with Crippen LogP contribution in [-0.4, -0.2) is 30.8 Å². The van der Waals surface area contributed by atoms with Crippen molar-refractivity contribution in [2.24, 2.45) is 11.3 Å². The maximum atomic E-state index is 6.34. The average Bonchev–Trinajstić information content (AvgIpc) is 2.72.